The van der Waals surface area contributed by atoms with Crippen molar-refractivity contribution in [1.82, 2.24) is 4.90 Å². The van der Waals surface area contributed by atoms with Gasteiger partial charge >= 0.3 is 0 Å². The van der Waals surface area contributed by atoms with Gasteiger partial charge in [0.2, 0.25) is 11.8 Å². The van der Waals surface area contributed by atoms with Gasteiger partial charge in [-0.05, 0) is 68.6 Å². The van der Waals surface area contributed by atoms with E-state index in [1.807, 2.05) is 47.4 Å². The van der Waals surface area contributed by atoms with Gasteiger partial charge in [0, 0.05) is 24.3 Å². The number of carbonyl (C=O) groups is 2. The molecule has 0 spiro atoms. The molecule has 4 rings (SSSR count). The zero-order valence-corrected chi connectivity index (χ0v) is 16.1. The molecule has 1 aliphatic carbocycles. The van der Waals surface area contributed by atoms with Crippen LogP contribution in [0.5, 0.6) is 0 Å². The molecular weight excluding hydrogens is 350 g/mol. The third kappa shape index (κ3) is 3.67. The molecule has 2 fully saturated rings. The molecule has 2 aromatic rings. The van der Waals surface area contributed by atoms with Crippen molar-refractivity contribution in [2.75, 3.05) is 31.1 Å². The van der Waals surface area contributed by atoms with Crippen LogP contribution < -0.4 is 10.6 Å². The van der Waals surface area contributed by atoms with Crippen LogP contribution >= 0.6 is 0 Å². The lowest BCUT2D eigenvalue weighted by molar-refractivity contribution is -0.121. The molecule has 1 aliphatic heterocycles. The largest absolute Gasteiger partial charge is 0.366 e. The molecule has 0 atom stereocenters. The highest BCUT2D eigenvalue weighted by Gasteiger charge is 2.53. The van der Waals surface area contributed by atoms with Gasteiger partial charge in [-0.15, -0.1) is 0 Å². The molecule has 1 saturated heterocycles. The van der Waals surface area contributed by atoms with Crippen LogP contribution in [-0.2, 0) is 10.2 Å². The van der Waals surface area contributed by atoms with E-state index >= 15 is 0 Å². The van der Waals surface area contributed by atoms with Crippen LogP contribution in [0.4, 0.5) is 5.69 Å². The second-order valence-corrected chi connectivity index (χ2v) is 7.87. The monoisotopic (exact) mass is 377 g/mol. The normalized spacial score (nSPS) is 18.0. The molecule has 2 amide bonds. The summed E-state index contributed by atoms with van der Waals surface area (Å²) < 4.78 is 0. The zero-order chi connectivity index (χ0) is 19.6. The van der Waals surface area contributed by atoms with Crippen LogP contribution in [0.15, 0.2) is 54.6 Å². The summed E-state index contributed by atoms with van der Waals surface area (Å²) in [5, 5.41) is 0. The Bertz CT molecular complexity index is 855. The van der Waals surface area contributed by atoms with Gasteiger partial charge < -0.3 is 15.5 Å². The second kappa shape index (κ2) is 7.76. The first-order valence-corrected chi connectivity index (χ1v) is 10.1. The van der Waals surface area contributed by atoms with Gasteiger partial charge in [-0.25, -0.2) is 0 Å². The Morgan fingerprint density at radius 1 is 1.00 bits per heavy atom. The smallest absolute Gasteiger partial charge is 0.248 e. The number of anilines is 1. The van der Waals surface area contributed by atoms with Crippen LogP contribution in [-0.4, -0.2) is 42.9 Å². The van der Waals surface area contributed by atoms with E-state index in [2.05, 4.69) is 4.90 Å². The summed E-state index contributed by atoms with van der Waals surface area (Å²) in [4.78, 5) is 29.7. The van der Waals surface area contributed by atoms with Crippen molar-refractivity contribution >= 4 is 17.5 Å². The summed E-state index contributed by atoms with van der Waals surface area (Å²) in [6, 6.07) is 17.2. The van der Waals surface area contributed by atoms with Gasteiger partial charge in [0.25, 0.3) is 0 Å². The van der Waals surface area contributed by atoms with Crippen LogP contribution in [0, 0.1) is 0 Å². The first-order chi connectivity index (χ1) is 13.6. The Balaban J connectivity index is 1.61. The average Bonchev–Trinajstić information content (AvgIpc) is 3.38. The SMILES string of the molecule is NC(=O)c1cccc(C2(C(=O)N(CCN3CCCC3)c3ccccc3)CC2)c1. The average molecular weight is 377 g/mol. The molecule has 5 nitrogen and oxygen atoms in total. The minimum absolute atomic E-state index is 0.125. The van der Waals surface area contributed by atoms with Crippen LogP contribution in [0.1, 0.15) is 41.6 Å². The first-order valence-electron chi connectivity index (χ1n) is 10.1. The summed E-state index contributed by atoms with van der Waals surface area (Å²) in [5.41, 5.74) is 7.21. The summed E-state index contributed by atoms with van der Waals surface area (Å²) in [6.07, 6.45) is 4.09. The third-order valence-electron chi connectivity index (χ3n) is 6.01. The molecule has 0 radical (unpaired) electrons. The highest BCUT2D eigenvalue weighted by atomic mass is 16.2. The Kier molecular flexibility index (Phi) is 5.18. The number of nitrogens with zero attached hydrogens (tertiary/aromatic N) is 2. The Labute approximate surface area is 166 Å². The number of hydrogen-bond donors (Lipinski definition) is 1. The van der Waals surface area contributed by atoms with Crippen molar-refractivity contribution in [3.05, 3.63) is 65.7 Å². The van der Waals surface area contributed by atoms with E-state index in [4.69, 9.17) is 5.73 Å². The molecule has 1 heterocycles. The van der Waals surface area contributed by atoms with Crippen molar-refractivity contribution < 1.29 is 9.59 Å². The topological polar surface area (TPSA) is 66.6 Å². The molecule has 0 bridgehead atoms. The summed E-state index contributed by atoms with van der Waals surface area (Å²) in [7, 11) is 0. The quantitative estimate of drug-likeness (QED) is 0.807. The number of carbonyl (C=O) groups excluding carboxylic acids is 2. The van der Waals surface area contributed by atoms with Gasteiger partial charge in [0.1, 0.15) is 0 Å². The van der Waals surface area contributed by atoms with Crippen molar-refractivity contribution in [1.29, 1.82) is 0 Å². The van der Waals surface area contributed by atoms with Crippen LogP contribution in [0.25, 0.3) is 0 Å². The molecule has 1 saturated carbocycles. The van der Waals surface area contributed by atoms with Gasteiger partial charge in [-0.2, -0.15) is 0 Å². The van der Waals surface area contributed by atoms with E-state index in [1.165, 1.54) is 12.8 Å². The van der Waals surface area contributed by atoms with Gasteiger partial charge in [-0.1, -0.05) is 30.3 Å². The lowest BCUT2D eigenvalue weighted by Crippen LogP contribution is -2.43. The lowest BCUT2D eigenvalue weighted by Gasteiger charge is -2.29. The summed E-state index contributed by atoms with van der Waals surface area (Å²) >= 11 is 0. The number of amides is 2. The Morgan fingerprint density at radius 2 is 1.71 bits per heavy atom. The van der Waals surface area contributed by atoms with Crippen molar-refractivity contribution in [3.63, 3.8) is 0 Å². The number of hydrogen-bond acceptors (Lipinski definition) is 3. The first kappa shape index (κ1) is 18.7. The van der Waals surface area contributed by atoms with Crippen molar-refractivity contribution in [3.8, 4) is 0 Å². The van der Waals surface area contributed by atoms with E-state index in [9.17, 15) is 9.59 Å². The van der Waals surface area contributed by atoms with Gasteiger partial charge in [0.05, 0.1) is 5.41 Å². The van der Waals surface area contributed by atoms with E-state index in [-0.39, 0.29) is 5.91 Å². The molecule has 2 aliphatic rings. The molecule has 0 unspecified atom stereocenters. The van der Waals surface area contributed by atoms with Crippen LogP contribution in [0.2, 0.25) is 0 Å². The predicted octanol–water partition coefficient (Wildman–Crippen LogP) is 2.95. The Morgan fingerprint density at radius 3 is 2.36 bits per heavy atom. The van der Waals surface area contributed by atoms with Crippen molar-refractivity contribution in [2.24, 2.45) is 5.73 Å². The van der Waals surface area contributed by atoms with E-state index in [1.54, 1.807) is 12.1 Å². The number of nitrogens with two attached hydrogens (primary N) is 1. The van der Waals surface area contributed by atoms with E-state index in [0.29, 0.717) is 12.1 Å². The maximum Gasteiger partial charge on any atom is 0.248 e. The number of rotatable bonds is 7. The van der Waals surface area contributed by atoms with Crippen LogP contribution in [0.3, 0.4) is 0 Å². The predicted molar refractivity (Wildman–Crippen MR) is 110 cm³/mol. The fraction of sp³-hybridized carbons (Fsp3) is 0.391. The minimum Gasteiger partial charge on any atom is -0.366 e. The maximum absolute atomic E-state index is 13.7. The summed E-state index contributed by atoms with van der Waals surface area (Å²) in [6.45, 7) is 3.80. The lowest BCUT2D eigenvalue weighted by atomic mass is 9.92. The van der Waals surface area contributed by atoms with Gasteiger partial charge in [-0.3, -0.25) is 9.59 Å². The number of para-hydroxylation sites is 1. The van der Waals surface area contributed by atoms with Crippen molar-refractivity contribution in [2.45, 2.75) is 31.1 Å². The zero-order valence-electron chi connectivity index (χ0n) is 16.1. The standard InChI is InChI=1S/C23H27N3O2/c24-21(27)18-7-6-8-19(17-18)23(11-12-23)22(28)26(20-9-2-1-3-10-20)16-15-25-13-4-5-14-25/h1-3,6-10,17H,4-5,11-16H2,(H2,24,27). The number of benzene rings is 2. The number of primary amides is 1. The molecule has 2 aromatic carbocycles. The van der Waals surface area contributed by atoms with Gasteiger partial charge in [0.15, 0.2) is 0 Å². The fourth-order valence-corrected chi connectivity index (χ4v) is 4.18. The molecule has 5 heteroatoms. The fourth-order valence-electron chi connectivity index (χ4n) is 4.18. The second-order valence-electron chi connectivity index (χ2n) is 7.87. The highest BCUT2D eigenvalue weighted by molar-refractivity contribution is 6.03. The minimum atomic E-state index is -0.535. The highest BCUT2D eigenvalue weighted by Crippen LogP contribution is 2.50. The maximum atomic E-state index is 13.7. The third-order valence-corrected chi connectivity index (χ3v) is 6.01. The molecule has 28 heavy (non-hydrogen) atoms. The van der Waals surface area contributed by atoms with E-state index in [0.717, 1.165) is 43.7 Å². The Hall–Kier alpha value is -2.66. The molecule has 0 aromatic heterocycles. The molecule has 2 N–H and O–H groups in total. The molecular formula is C23H27N3O2. The molecule has 146 valence electrons. The van der Waals surface area contributed by atoms with E-state index < -0.39 is 11.3 Å². The summed E-state index contributed by atoms with van der Waals surface area (Å²) in [5.74, 6) is -0.335. The number of likely N-dealkylation sites (tertiary alicyclic amines) is 1.